The lowest BCUT2D eigenvalue weighted by Gasteiger charge is -2.11. The summed E-state index contributed by atoms with van der Waals surface area (Å²) < 4.78 is 5.19. The lowest BCUT2D eigenvalue weighted by molar-refractivity contribution is -0.119. The first kappa shape index (κ1) is 12.4. The van der Waals surface area contributed by atoms with Crippen LogP contribution in [0.3, 0.4) is 0 Å². The molecule has 0 heterocycles. The SMILES string of the molecule is N#CCOc1cccc(NC(=O)C2CCCC2)c1. The van der Waals surface area contributed by atoms with Gasteiger partial charge in [0.05, 0.1) is 0 Å². The lowest BCUT2D eigenvalue weighted by atomic mass is 10.1. The second kappa shape index (κ2) is 6.06. The number of nitriles is 1. The molecule has 0 unspecified atom stereocenters. The number of carbonyl (C=O) groups is 1. The molecule has 0 saturated heterocycles. The lowest BCUT2D eigenvalue weighted by Crippen LogP contribution is -2.20. The smallest absolute Gasteiger partial charge is 0.227 e. The minimum absolute atomic E-state index is 0.0139. The summed E-state index contributed by atoms with van der Waals surface area (Å²) in [6.07, 6.45) is 4.25. The Morgan fingerprint density at radius 3 is 2.94 bits per heavy atom. The molecule has 1 aromatic carbocycles. The number of rotatable bonds is 4. The number of hydrogen-bond acceptors (Lipinski definition) is 3. The normalized spacial score (nSPS) is 15.1. The summed E-state index contributed by atoms with van der Waals surface area (Å²) in [6.45, 7) is 0.0139. The van der Waals surface area contributed by atoms with Crippen LogP contribution in [0.5, 0.6) is 5.75 Å². The van der Waals surface area contributed by atoms with Gasteiger partial charge in [0, 0.05) is 17.7 Å². The van der Waals surface area contributed by atoms with Gasteiger partial charge in [0.2, 0.25) is 5.91 Å². The highest BCUT2D eigenvalue weighted by Crippen LogP contribution is 2.26. The van der Waals surface area contributed by atoms with Gasteiger partial charge in [-0.2, -0.15) is 5.26 Å². The highest BCUT2D eigenvalue weighted by molar-refractivity contribution is 5.92. The Morgan fingerprint density at radius 2 is 2.22 bits per heavy atom. The number of anilines is 1. The van der Waals surface area contributed by atoms with Crippen molar-refractivity contribution in [3.05, 3.63) is 24.3 Å². The van der Waals surface area contributed by atoms with Gasteiger partial charge < -0.3 is 10.1 Å². The largest absolute Gasteiger partial charge is 0.479 e. The summed E-state index contributed by atoms with van der Waals surface area (Å²) in [5, 5.41) is 11.3. The fourth-order valence-electron chi connectivity index (χ4n) is 2.21. The molecule has 1 amide bonds. The molecule has 1 aliphatic carbocycles. The maximum absolute atomic E-state index is 11.9. The van der Waals surface area contributed by atoms with Gasteiger partial charge in [-0.3, -0.25) is 4.79 Å². The molecule has 4 heteroatoms. The summed E-state index contributed by atoms with van der Waals surface area (Å²) in [6, 6.07) is 9.05. The molecule has 4 nitrogen and oxygen atoms in total. The molecule has 18 heavy (non-hydrogen) atoms. The molecule has 2 rings (SSSR count). The molecule has 0 radical (unpaired) electrons. The van der Waals surface area contributed by atoms with E-state index < -0.39 is 0 Å². The number of carbonyl (C=O) groups excluding carboxylic acids is 1. The van der Waals surface area contributed by atoms with Crippen molar-refractivity contribution in [2.24, 2.45) is 5.92 Å². The van der Waals surface area contributed by atoms with Crippen LogP contribution in [0.15, 0.2) is 24.3 Å². The van der Waals surface area contributed by atoms with E-state index in [1.807, 2.05) is 12.1 Å². The van der Waals surface area contributed by atoms with Crippen LogP contribution >= 0.6 is 0 Å². The number of hydrogen-bond donors (Lipinski definition) is 1. The molecule has 1 N–H and O–H groups in total. The number of nitrogens with one attached hydrogen (secondary N) is 1. The van der Waals surface area contributed by atoms with Gasteiger partial charge in [0.1, 0.15) is 11.8 Å². The van der Waals surface area contributed by atoms with Crippen molar-refractivity contribution >= 4 is 11.6 Å². The van der Waals surface area contributed by atoms with Crippen LogP contribution in [0.2, 0.25) is 0 Å². The molecule has 0 bridgehead atoms. The highest BCUT2D eigenvalue weighted by Gasteiger charge is 2.22. The Bertz CT molecular complexity index is 459. The highest BCUT2D eigenvalue weighted by atomic mass is 16.5. The van der Waals surface area contributed by atoms with Crippen molar-refractivity contribution in [3.8, 4) is 11.8 Å². The Labute approximate surface area is 107 Å². The second-order valence-corrected chi connectivity index (χ2v) is 4.45. The number of amides is 1. The fourth-order valence-corrected chi connectivity index (χ4v) is 2.21. The molecular weight excluding hydrogens is 228 g/mol. The molecule has 1 aromatic rings. The first-order chi connectivity index (χ1) is 8.79. The van der Waals surface area contributed by atoms with E-state index in [1.165, 1.54) is 0 Å². The van der Waals surface area contributed by atoms with Gasteiger partial charge in [0.15, 0.2) is 6.61 Å². The zero-order valence-electron chi connectivity index (χ0n) is 10.2. The molecule has 0 aliphatic heterocycles. The molecule has 1 aliphatic rings. The summed E-state index contributed by atoms with van der Waals surface area (Å²) in [5.74, 6) is 0.833. The first-order valence-corrected chi connectivity index (χ1v) is 6.20. The molecule has 1 saturated carbocycles. The monoisotopic (exact) mass is 244 g/mol. The second-order valence-electron chi connectivity index (χ2n) is 4.45. The van der Waals surface area contributed by atoms with Crippen molar-refractivity contribution in [1.82, 2.24) is 0 Å². The third kappa shape index (κ3) is 3.24. The van der Waals surface area contributed by atoms with Crippen molar-refractivity contribution in [3.63, 3.8) is 0 Å². The molecule has 94 valence electrons. The van der Waals surface area contributed by atoms with Gasteiger partial charge in [0.25, 0.3) is 0 Å². The third-order valence-corrected chi connectivity index (χ3v) is 3.13. The van der Waals surface area contributed by atoms with Crippen molar-refractivity contribution in [2.45, 2.75) is 25.7 Å². The zero-order valence-corrected chi connectivity index (χ0v) is 10.2. The maximum Gasteiger partial charge on any atom is 0.227 e. The summed E-state index contributed by atoms with van der Waals surface area (Å²) in [4.78, 5) is 11.9. The Kier molecular flexibility index (Phi) is 4.19. The van der Waals surface area contributed by atoms with Gasteiger partial charge in [-0.1, -0.05) is 18.9 Å². The Hall–Kier alpha value is -2.02. The van der Waals surface area contributed by atoms with E-state index in [0.29, 0.717) is 5.75 Å². The average molecular weight is 244 g/mol. The Balaban J connectivity index is 1.96. The van der Waals surface area contributed by atoms with E-state index in [1.54, 1.807) is 18.2 Å². The van der Waals surface area contributed by atoms with Gasteiger partial charge in [-0.15, -0.1) is 0 Å². The number of ether oxygens (including phenoxy) is 1. The van der Waals surface area contributed by atoms with E-state index in [-0.39, 0.29) is 18.4 Å². The van der Waals surface area contributed by atoms with E-state index in [9.17, 15) is 4.79 Å². The predicted octanol–water partition coefficient (Wildman–Crippen LogP) is 2.72. The van der Waals surface area contributed by atoms with E-state index in [0.717, 1.165) is 31.4 Å². The van der Waals surface area contributed by atoms with Crippen LogP contribution in [0.25, 0.3) is 0 Å². The van der Waals surface area contributed by atoms with Crippen molar-refractivity contribution in [2.75, 3.05) is 11.9 Å². The topological polar surface area (TPSA) is 62.1 Å². The molecule has 1 fully saturated rings. The van der Waals surface area contributed by atoms with Crippen LogP contribution in [-0.4, -0.2) is 12.5 Å². The zero-order chi connectivity index (χ0) is 12.8. The molecule has 0 atom stereocenters. The van der Waals surface area contributed by atoms with Crippen LogP contribution < -0.4 is 10.1 Å². The predicted molar refractivity (Wildman–Crippen MR) is 68.1 cm³/mol. The number of nitrogens with zero attached hydrogens (tertiary/aromatic N) is 1. The van der Waals surface area contributed by atoms with Crippen LogP contribution in [0, 0.1) is 17.2 Å². The summed E-state index contributed by atoms with van der Waals surface area (Å²) >= 11 is 0. The molecule has 0 aromatic heterocycles. The fraction of sp³-hybridized carbons (Fsp3) is 0.429. The van der Waals surface area contributed by atoms with Gasteiger partial charge in [-0.25, -0.2) is 0 Å². The standard InChI is InChI=1S/C14H16N2O2/c15-8-9-18-13-7-3-6-12(10-13)16-14(17)11-4-1-2-5-11/h3,6-7,10-11H,1-2,4-5,9H2,(H,16,17). The summed E-state index contributed by atoms with van der Waals surface area (Å²) in [5.41, 5.74) is 0.724. The van der Waals surface area contributed by atoms with E-state index in [4.69, 9.17) is 10.00 Å². The van der Waals surface area contributed by atoms with Crippen molar-refractivity contribution < 1.29 is 9.53 Å². The first-order valence-electron chi connectivity index (χ1n) is 6.20. The van der Waals surface area contributed by atoms with Crippen LogP contribution in [0.4, 0.5) is 5.69 Å². The maximum atomic E-state index is 11.9. The van der Waals surface area contributed by atoms with Crippen molar-refractivity contribution in [1.29, 1.82) is 5.26 Å². The quantitative estimate of drug-likeness (QED) is 0.885. The minimum Gasteiger partial charge on any atom is -0.479 e. The van der Waals surface area contributed by atoms with Crippen LogP contribution in [0.1, 0.15) is 25.7 Å². The third-order valence-electron chi connectivity index (χ3n) is 3.13. The van der Waals surface area contributed by atoms with Gasteiger partial charge >= 0.3 is 0 Å². The van der Waals surface area contributed by atoms with Gasteiger partial charge in [-0.05, 0) is 25.0 Å². The average Bonchev–Trinajstić information content (AvgIpc) is 2.91. The van der Waals surface area contributed by atoms with E-state index in [2.05, 4.69) is 5.32 Å². The molecular formula is C14H16N2O2. The van der Waals surface area contributed by atoms with E-state index >= 15 is 0 Å². The molecule has 0 spiro atoms. The number of benzene rings is 1. The Morgan fingerprint density at radius 1 is 1.44 bits per heavy atom. The minimum atomic E-state index is 0.0139. The van der Waals surface area contributed by atoms with Crippen LogP contribution in [-0.2, 0) is 4.79 Å². The summed E-state index contributed by atoms with van der Waals surface area (Å²) in [7, 11) is 0.